The van der Waals surface area contributed by atoms with E-state index in [1.165, 1.54) is 6.20 Å². The zero-order valence-electron chi connectivity index (χ0n) is 10.4. The highest BCUT2D eigenvalue weighted by Gasteiger charge is 2.67. The maximum atomic E-state index is 13.2. The molecule has 1 saturated carbocycles. The molecule has 2 rings (SSSR count). The summed E-state index contributed by atoms with van der Waals surface area (Å²) in [5.74, 6) is -2.34. The number of aliphatic carboxylic acids is 1. The first kappa shape index (κ1) is 13.8. The van der Waals surface area contributed by atoms with Crippen LogP contribution in [0, 0.1) is 12.3 Å². The minimum absolute atomic E-state index is 0.0237. The van der Waals surface area contributed by atoms with Gasteiger partial charge in [-0.1, -0.05) is 0 Å². The number of rotatable bonds is 4. The predicted octanol–water partition coefficient (Wildman–Crippen LogP) is 3.29. The number of pyridine rings is 1. The fraction of sp³-hybridized carbons (Fsp3) is 0.538. The van der Waals surface area contributed by atoms with Crippen molar-refractivity contribution in [1.82, 2.24) is 4.98 Å². The zero-order chi connectivity index (χ0) is 14.3. The molecule has 6 heteroatoms. The van der Waals surface area contributed by atoms with Gasteiger partial charge in [-0.15, -0.1) is 0 Å². The van der Waals surface area contributed by atoms with E-state index in [0.29, 0.717) is 0 Å². The molecule has 1 heterocycles. The highest BCUT2D eigenvalue weighted by Crippen LogP contribution is 2.65. The summed E-state index contributed by atoms with van der Waals surface area (Å²) in [5.41, 5.74) is -0.915. The van der Waals surface area contributed by atoms with Crippen molar-refractivity contribution in [1.29, 1.82) is 0 Å². The first-order valence-corrected chi connectivity index (χ1v) is 5.97. The molecule has 1 N–H and O–H groups in total. The Morgan fingerprint density at radius 1 is 1.53 bits per heavy atom. The summed E-state index contributed by atoms with van der Waals surface area (Å²) in [6, 6.07) is 3.22. The summed E-state index contributed by atoms with van der Waals surface area (Å²) >= 11 is 0. The van der Waals surface area contributed by atoms with E-state index >= 15 is 0 Å². The second-order valence-corrected chi connectivity index (χ2v) is 5.06. The topological polar surface area (TPSA) is 50.2 Å². The van der Waals surface area contributed by atoms with Crippen molar-refractivity contribution < 1.29 is 23.1 Å². The standard InChI is InChI=1S/C13H14F3NO2/c1-8-2-5-17-10(6-8)9(7-11(18)19)12(3-4-12)13(14,15)16/h2,5-6,9H,3-4,7H2,1H3,(H,18,19). The van der Waals surface area contributed by atoms with E-state index in [2.05, 4.69) is 4.98 Å². The van der Waals surface area contributed by atoms with E-state index in [1.807, 2.05) is 0 Å². The van der Waals surface area contributed by atoms with Crippen LogP contribution in [0.3, 0.4) is 0 Å². The number of nitrogens with zero attached hydrogens (tertiary/aromatic N) is 1. The van der Waals surface area contributed by atoms with E-state index in [0.717, 1.165) is 5.56 Å². The predicted molar refractivity (Wildman–Crippen MR) is 61.7 cm³/mol. The van der Waals surface area contributed by atoms with Gasteiger partial charge < -0.3 is 5.11 Å². The molecule has 1 aromatic rings. The van der Waals surface area contributed by atoms with Gasteiger partial charge in [-0.3, -0.25) is 9.78 Å². The van der Waals surface area contributed by atoms with Crippen molar-refractivity contribution in [3.63, 3.8) is 0 Å². The Hall–Kier alpha value is -1.59. The molecule has 1 unspecified atom stereocenters. The number of halogens is 3. The lowest BCUT2D eigenvalue weighted by Gasteiger charge is -2.27. The van der Waals surface area contributed by atoms with Gasteiger partial charge in [0.1, 0.15) is 0 Å². The molecule has 0 aromatic carbocycles. The Morgan fingerprint density at radius 3 is 2.58 bits per heavy atom. The third-order valence-electron chi connectivity index (χ3n) is 3.69. The van der Waals surface area contributed by atoms with Gasteiger partial charge in [0.05, 0.1) is 11.8 Å². The van der Waals surface area contributed by atoms with Crippen molar-refractivity contribution in [2.45, 2.75) is 38.3 Å². The fourth-order valence-electron chi connectivity index (χ4n) is 2.47. The molecule has 1 aliphatic carbocycles. The molecule has 1 aromatic heterocycles. The van der Waals surface area contributed by atoms with Crippen molar-refractivity contribution in [2.75, 3.05) is 0 Å². The molecule has 1 atom stereocenters. The number of alkyl halides is 3. The maximum Gasteiger partial charge on any atom is 0.395 e. The highest BCUT2D eigenvalue weighted by atomic mass is 19.4. The quantitative estimate of drug-likeness (QED) is 0.915. The number of carbonyl (C=O) groups is 1. The third-order valence-corrected chi connectivity index (χ3v) is 3.69. The van der Waals surface area contributed by atoms with E-state index in [4.69, 9.17) is 5.11 Å². The smallest absolute Gasteiger partial charge is 0.395 e. The van der Waals surface area contributed by atoms with Gasteiger partial charge in [0.2, 0.25) is 0 Å². The number of carboxylic acid groups (broad SMARTS) is 1. The molecular formula is C13H14F3NO2. The van der Waals surface area contributed by atoms with Crippen LogP contribution in [-0.2, 0) is 4.79 Å². The van der Waals surface area contributed by atoms with E-state index in [9.17, 15) is 18.0 Å². The zero-order valence-corrected chi connectivity index (χ0v) is 10.4. The summed E-state index contributed by atoms with van der Waals surface area (Å²) in [6.45, 7) is 1.75. The molecule has 104 valence electrons. The minimum Gasteiger partial charge on any atom is -0.481 e. The molecule has 1 aliphatic rings. The Balaban J connectivity index is 2.40. The Labute approximate surface area is 108 Å². The Kier molecular flexibility index (Phi) is 3.28. The van der Waals surface area contributed by atoms with E-state index < -0.39 is 29.9 Å². The molecule has 0 spiro atoms. The Bertz CT molecular complexity index is 495. The third kappa shape index (κ3) is 2.57. The number of aromatic nitrogens is 1. The minimum atomic E-state index is -4.39. The largest absolute Gasteiger partial charge is 0.481 e. The summed E-state index contributed by atoms with van der Waals surface area (Å²) in [4.78, 5) is 14.8. The van der Waals surface area contributed by atoms with Crippen molar-refractivity contribution in [2.24, 2.45) is 5.41 Å². The molecule has 0 amide bonds. The average Bonchev–Trinajstić information content (AvgIpc) is 3.05. The SMILES string of the molecule is Cc1ccnc(C(CC(=O)O)C2(C(F)(F)F)CC2)c1. The lowest BCUT2D eigenvalue weighted by molar-refractivity contribution is -0.195. The second kappa shape index (κ2) is 4.51. The van der Waals surface area contributed by atoms with E-state index in [-0.39, 0.29) is 18.5 Å². The first-order chi connectivity index (χ1) is 8.76. The molecule has 0 radical (unpaired) electrons. The summed E-state index contributed by atoms with van der Waals surface area (Å²) in [7, 11) is 0. The maximum absolute atomic E-state index is 13.2. The van der Waals surface area contributed by atoms with Crippen LogP contribution in [0.5, 0.6) is 0 Å². The normalized spacial score (nSPS) is 18.9. The first-order valence-electron chi connectivity index (χ1n) is 5.97. The number of aryl methyl sites for hydroxylation is 1. The molecule has 1 fully saturated rings. The summed E-state index contributed by atoms with van der Waals surface area (Å²) < 4.78 is 39.5. The lowest BCUT2D eigenvalue weighted by atomic mass is 9.82. The highest BCUT2D eigenvalue weighted by molar-refractivity contribution is 5.68. The number of hydrogen-bond donors (Lipinski definition) is 1. The molecule has 0 aliphatic heterocycles. The van der Waals surface area contributed by atoms with Crippen molar-refractivity contribution in [3.05, 3.63) is 29.6 Å². The summed E-state index contributed by atoms with van der Waals surface area (Å²) in [6.07, 6.45) is -3.56. The second-order valence-electron chi connectivity index (χ2n) is 5.06. The van der Waals surface area contributed by atoms with Gasteiger partial charge in [0, 0.05) is 17.8 Å². The van der Waals surface area contributed by atoms with Crippen LogP contribution in [0.25, 0.3) is 0 Å². The van der Waals surface area contributed by atoms with Crippen molar-refractivity contribution in [3.8, 4) is 0 Å². The molecule has 0 bridgehead atoms. The summed E-state index contributed by atoms with van der Waals surface area (Å²) in [5, 5.41) is 8.88. The molecule has 3 nitrogen and oxygen atoms in total. The van der Waals surface area contributed by atoms with Crippen LogP contribution >= 0.6 is 0 Å². The lowest BCUT2D eigenvalue weighted by Crippen LogP contribution is -2.32. The van der Waals surface area contributed by atoms with Gasteiger partial charge in [0.25, 0.3) is 0 Å². The number of hydrogen-bond acceptors (Lipinski definition) is 2. The van der Waals surface area contributed by atoms with Gasteiger partial charge in [-0.05, 0) is 37.5 Å². The average molecular weight is 273 g/mol. The van der Waals surface area contributed by atoms with Crippen LogP contribution in [0.1, 0.15) is 36.4 Å². The van der Waals surface area contributed by atoms with Crippen LogP contribution < -0.4 is 0 Å². The van der Waals surface area contributed by atoms with Gasteiger partial charge >= 0.3 is 12.1 Å². The molecular weight excluding hydrogens is 259 g/mol. The van der Waals surface area contributed by atoms with Crippen LogP contribution in [-0.4, -0.2) is 22.2 Å². The van der Waals surface area contributed by atoms with Gasteiger partial charge in [-0.2, -0.15) is 13.2 Å². The van der Waals surface area contributed by atoms with Crippen LogP contribution in [0.4, 0.5) is 13.2 Å². The van der Waals surface area contributed by atoms with Crippen LogP contribution in [0.15, 0.2) is 18.3 Å². The fourth-order valence-corrected chi connectivity index (χ4v) is 2.47. The van der Waals surface area contributed by atoms with E-state index in [1.54, 1.807) is 19.1 Å². The van der Waals surface area contributed by atoms with Crippen molar-refractivity contribution >= 4 is 5.97 Å². The van der Waals surface area contributed by atoms with Gasteiger partial charge in [-0.25, -0.2) is 0 Å². The monoisotopic (exact) mass is 273 g/mol. The molecule has 19 heavy (non-hydrogen) atoms. The molecule has 0 saturated heterocycles. The number of carboxylic acids is 1. The van der Waals surface area contributed by atoms with Gasteiger partial charge in [0.15, 0.2) is 0 Å². The van der Waals surface area contributed by atoms with Crippen LogP contribution in [0.2, 0.25) is 0 Å². The Morgan fingerprint density at radius 2 is 2.16 bits per heavy atom.